The van der Waals surface area contributed by atoms with Gasteiger partial charge in [0.25, 0.3) is 0 Å². The maximum Gasteiger partial charge on any atom is 0.219 e. The highest BCUT2D eigenvalue weighted by molar-refractivity contribution is 6.31. The third-order valence-corrected chi connectivity index (χ3v) is 3.16. The first-order valence-corrected chi connectivity index (χ1v) is 6.61. The number of hydrogen-bond donors (Lipinski definition) is 1. The standard InChI is InChI=1S/C15H16ClNO3/c1-19-7-6-11-2-4-13(5-3-11)20-15-8-12(10-18)14(16)9-17-15/h2-5,8-9,18H,6-7,10H2,1H3. The van der Waals surface area contributed by atoms with Crippen molar-refractivity contribution >= 4 is 11.6 Å². The van der Waals surface area contributed by atoms with Crippen LogP contribution < -0.4 is 4.74 Å². The van der Waals surface area contributed by atoms with Crippen molar-refractivity contribution < 1.29 is 14.6 Å². The highest BCUT2D eigenvalue weighted by Crippen LogP contribution is 2.24. The Bertz CT molecular complexity index is 558. The van der Waals surface area contributed by atoms with Gasteiger partial charge >= 0.3 is 0 Å². The molecular formula is C15H16ClNO3. The molecule has 1 aromatic carbocycles. The van der Waals surface area contributed by atoms with Gasteiger partial charge < -0.3 is 14.6 Å². The summed E-state index contributed by atoms with van der Waals surface area (Å²) in [6, 6.07) is 9.34. The SMILES string of the molecule is COCCc1ccc(Oc2cc(CO)c(Cl)cn2)cc1. The molecule has 5 heteroatoms. The summed E-state index contributed by atoms with van der Waals surface area (Å²) in [5, 5.41) is 9.57. The maximum absolute atomic E-state index is 9.15. The van der Waals surface area contributed by atoms with Crippen molar-refractivity contribution in [1.82, 2.24) is 4.98 Å². The average molecular weight is 294 g/mol. The number of aliphatic hydroxyl groups excluding tert-OH is 1. The van der Waals surface area contributed by atoms with Gasteiger partial charge in [-0.2, -0.15) is 0 Å². The Kier molecular flexibility index (Phi) is 5.35. The maximum atomic E-state index is 9.15. The lowest BCUT2D eigenvalue weighted by Crippen LogP contribution is -1.95. The molecule has 0 radical (unpaired) electrons. The molecule has 1 N–H and O–H groups in total. The van der Waals surface area contributed by atoms with Gasteiger partial charge in [-0.25, -0.2) is 4.98 Å². The molecular weight excluding hydrogens is 278 g/mol. The number of nitrogens with zero attached hydrogens (tertiary/aromatic N) is 1. The number of aromatic nitrogens is 1. The molecule has 0 bridgehead atoms. The van der Waals surface area contributed by atoms with Crippen LogP contribution in [-0.4, -0.2) is 23.8 Å². The molecule has 2 aromatic rings. The van der Waals surface area contributed by atoms with E-state index < -0.39 is 0 Å². The summed E-state index contributed by atoms with van der Waals surface area (Å²) in [7, 11) is 1.68. The summed E-state index contributed by atoms with van der Waals surface area (Å²) in [6.07, 6.45) is 2.33. The van der Waals surface area contributed by atoms with E-state index >= 15 is 0 Å². The van der Waals surface area contributed by atoms with Crippen LogP contribution in [0.4, 0.5) is 0 Å². The van der Waals surface area contributed by atoms with Crippen molar-refractivity contribution in [3.8, 4) is 11.6 Å². The fraction of sp³-hybridized carbons (Fsp3) is 0.267. The zero-order valence-electron chi connectivity index (χ0n) is 11.2. The van der Waals surface area contributed by atoms with Gasteiger partial charge in [0.1, 0.15) is 5.75 Å². The third kappa shape index (κ3) is 3.93. The molecule has 20 heavy (non-hydrogen) atoms. The van der Waals surface area contributed by atoms with Crippen molar-refractivity contribution in [3.05, 3.63) is 52.7 Å². The second-order valence-electron chi connectivity index (χ2n) is 4.26. The molecule has 1 aromatic heterocycles. The topological polar surface area (TPSA) is 51.6 Å². The average Bonchev–Trinajstić information content (AvgIpc) is 2.48. The summed E-state index contributed by atoms with van der Waals surface area (Å²) in [5.41, 5.74) is 1.77. The fourth-order valence-corrected chi connectivity index (χ4v) is 1.86. The van der Waals surface area contributed by atoms with E-state index in [9.17, 15) is 0 Å². The van der Waals surface area contributed by atoms with Crippen LogP contribution in [0.25, 0.3) is 0 Å². The molecule has 0 aliphatic heterocycles. The fourth-order valence-electron chi connectivity index (χ4n) is 1.70. The van der Waals surface area contributed by atoms with Gasteiger partial charge in [0, 0.05) is 24.9 Å². The second-order valence-corrected chi connectivity index (χ2v) is 4.67. The minimum absolute atomic E-state index is 0.145. The number of hydrogen-bond acceptors (Lipinski definition) is 4. The first-order valence-electron chi connectivity index (χ1n) is 6.24. The van der Waals surface area contributed by atoms with E-state index in [1.54, 1.807) is 13.2 Å². The normalized spacial score (nSPS) is 10.6. The first kappa shape index (κ1) is 14.8. The van der Waals surface area contributed by atoms with Crippen LogP contribution >= 0.6 is 11.6 Å². The van der Waals surface area contributed by atoms with Crippen molar-refractivity contribution in [3.63, 3.8) is 0 Å². The Morgan fingerprint density at radius 2 is 2.00 bits per heavy atom. The second kappa shape index (κ2) is 7.24. The Balaban J connectivity index is 2.06. The van der Waals surface area contributed by atoms with Crippen LogP contribution in [0.5, 0.6) is 11.6 Å². The molecule has 0 aliphatic rings. The summed E-state index contributed by atoms with van der Waals surface area (Å²) in [6.45, 7) is 0.548. The van der Waals surface area contributed by atoms with Gasteiger partial charge in [-0.05, 0) is 24.1 Å². The lowest BCUT2D eigenvalue weighted by Gasteiger charge is -2.08. The molecule has 4 nitrogen and oxygen atoms in total. The molecule has 0 aliphatic carbocycles. The van der Waals surface area contributed by atoms with Crippen LogP contribution in [-0.2, 0) is 17.8 Å². The number of benzene rings is 1. The highest BCUT2D eigenvalue weighted by Gasteiger charge is 2.04. The van der Waals surface area contributed by atoms with Crippen LogP contribution in [0, 0.1) is 0 Å². The van der Waals surface area contributed by atoms with Crippen molar-refractivity contribution in [2.45, 2.75) is 13.0 Å². The summed E-state index contributed by atoms with van der Waals surface area (Å²) < 4.78 is 10.7. The molecule has 0 saturated heterocycles. The molecule has 0 amide bonds. The zero-order chi connectivity index (χ0) is 14.4. The van der Waals surface area contributed by atoms with Crippen LogP contribution in [0.3, 0.4) is 0 Å². The van der Waals surface area contributed by atoms with Gasteiger partial charge in [-0.1, -0.05) is 23.7 Å². The predicted octanol–water partition coefficient (Wildman–Crippen LogP) is 3.21. The zero-order valence-corrected chi connectivity index (χ0v) is 11.9. The Hall–Kier alpha value is -1.62. The number of rotatable bonds is 6. The van der Waals surface area contributed by atoms with Gasteiger partial charge in [0.15, 0.2) is 0 Å². The number of pyridine rings is 1. The van der Waals surface area contributed by atoms with E-state index in [1.165, 1.54) is 11.8 Å². The van der Waals surface area contributed by atoms with Gasteiger partial charge in [0.05, 0.1) is 18.2 Å². The van der Waals surface area contributed by atoms with Gasteiger partial charge in [-0.15, -0.1) is 0 Å². The van der Waals surface area contributed by atoms with Crippen LogP contribution in [0.15, 0.2) is 36.5 Å². The van der Waals surface area contributed by atoms with Crippen LogP contribution in [0.2, 0.25) is 5.02 Å². The van der Waals surface area contributed by atoms with E-state index in [0.29, 0.717) is 28.8 Å². The molecule has 0 fully saturated rings. The Morgan fingerprint density at radius 1 is 1.25 bits per heavy atom. The van der Waals surface area contributed by atoms with E-state index in [0.717, 1.165) is 6.42 Å². The number of methoxy groups -OCH3 is 1. The Labute approximate surface area is 122 Å². The number of aliphatic hydroxyl groups is 1. The van der Waals surface area contributed by atoms with Gasteiger partial charge in [0.2, 0.25) is 5.88 Å². The van der Waals surface area contributed by atoms with E-state index in [-0.39, 0.29) is 6.61 Å². The molecule has 0 saturated carbocycles. The largest absolute Gasteiger partial charge is 0.439 e. The highest BCUT2D eigenvalue weighted by atomic mass is 35.5. The lowest BCUT2D eigenvalue weighted by atomic mass is 10.1. The molecule has 106 valence electrons. The van der Waals surface area contributed by atoms with E-state index in [2.05, 4.69) is 4.98 Å². The summed E-state index contributed by atoms with van der Waals surface area (Å²) in [5.74, 6) is 1.09. The first-order chi connectivity index (χ1) is 9.72. The number of halogens is 1. The van der Waals surface area contributed by atoms with Crippen molar-refractivity contribution in [2.24, 2.45) is 0 Å². The molecule has 2 rings (SSSR count). The van der Waals surface area contributed by atoms with E-state index in [4.69, 9.17) is 26.2 Å². The molecule has 1 heterocycles. The van der Waals surface area contributed by atoms with Gasteiger partial charge in [-0.3, -0.25) is 0 Å². The van der Waals surface area contributed by atoms with Crippen molar-refractivity contribution in [2.75, 3.05) is 13.7 Å². The smallest absolute Gasteiger partial charge is 0.219 e. The summed E-state index contributed by atoms with van der Waals surface area (Å²) in [4.78, 5) is 4.07. The quantitative estimate of drug-likeness (QED) is 0.888. The molecule has 0 unspecified atom stereocenters. The molecule has 0 spiro atoms. The predicted molar refractivity (Wildman–Crippen MR) is 77.3 cm³/mol. The number of ether oxygens (including phenoxy) is 2. The van der Waals surface area contributed by atoms with Crippen molar-refractivity contribution in [1.29, 1.82) is 0 Å². The monoisotopic (exact) mass is 293 g/mol. The minimum atomic E-state index is -0.145. The molecule has 0 atom stereocenters. The minimum Gasteiger partial charge on any atom is -0.439 e. The van der Waals surface area contributed by atoms with Crippen LogP contribution in [0.1, 0.15) is 11.1 Å². The Morgan fingerprint density at radius 3 is 2.65 bits per heavy atom. The summed E-state index contributed by atoms with van der Waals surface area (Å²) >= 11 is 5.88. The van der Waals surface area contributed by atoms with E-state index in [1.807, 2.05) is 24.3 Å². The lowest BCUT2D eigenvalue weighted by molar-refractivity contribution is 0.202. The third-order valence-electron chi connectivity index (χ3n) is 2.82.